The lowest BCUT2D eigenvalue weighted by atomic mass is 9.69. The molecule has 0 bridgehead atoms. The number of hydrogen-bond acceptors (Lipinski definition) is 3. The van der Waals surface area contributed by atoms with Gasteiger partial charge >= 0.3 is 0 Å². The number of para-hydroxylation sites is 2. The number of phenolic OH excluding ortho intramolecular Hbond substituents is 1. The highest BCUT2D eigenvalue weighted by Crippen LogP contribution is 2.53. The molecule has 0 fully saturated rings. The molecule has 1 aliphatic heterocycles. The van der Waals surface area contributed by atoms with E-state index in [2.05, 4.69) is 6.58 Å². The summed E-state index contributed by atoms with van der Waals surface area (Å²) in [5.41, 5.74) is 2.66. The number of aliphatic hydroxyl groups excluding tert-OH is 1. The highest BCUT2D eigenvalue weighted by atomic mass is 16.3. The van der Waals surface area contributed by atoms with Gasteiger partial charge in [-0.05, 0) is 54.5 Å². The Bertz CT molecular complexity index is 1190. The number of aliphatic hydroxyl groups is 1. The van der Waals surface area contributed by atoms with E-state index in [4.69, 9.17) is 0 Å². The van der Waals surface area contributed by atoms with Gasteiger partial charge in [-0.25, -0.2) is 0 Å². The number of carbonyl (C=O) groups is 1. The van der Waals surface area contributed by atoms with Gasteiger partial charge in [0.15, 0.2) is 0 Å². The minimum absolute atomic E-state index is 0.0983. The molecule has 3 aromatic carbocycles. The molecule has 0 saturated heterocycles. The average Bonchev–Trinajstić information content (AvgIpc) is 3.04. The van der Waals surface area contributed by atoms with Crippen LogP contribution in [-0.2, 0) is 10.2 Å². The lowest BCUT2D eigenvalue weighted by Crippen LogP contribution is -2.40. The Balaban J connectivity index is 2.06. The van der Waals surface area contributed by atoms with Gasteiger partial charge in [-0.1, -0.05) is 67.3 Å². The molecule has 4 rings (SSSR count). The van der Waals surface area contributed by atoms with E-state index in [1.54, 1.807) is 35.2 Å². The Labute approximate surface area is 181 Å². The summed E-state index contributed by atoms with van der Waals surface area (Å²) in [6.45, 7) is 5.40. The number of benzene rings is 3. The smallest absolute Gasteiger partial charge is 0.251 e. The maximum absolute atomic E-state index is 14.3. The summed E-state index contributed by atoms with van der Waals surface area (Å²) in [5, 5.41) is 19.6. The van der Waals surface area contributed by atoms with Crippen molar-refractivity contribution in [2.24, 2.45) is 0 Å². The van der Waals surface area contributed by atoms with Gasteiger partial charge in [-0.2, -0.15) is 0 Å². The first-order valence-electron chi connectivity index (χ1n) is 10.0. The number of aromatic hydroxyl groups is 1. The largest absolute Gasteiger partial charge is 0.509 e. The van der Waals surface area contributed by atoms with Crippen LogP contribution in [0.5, 0.6) is 5.75 Å². The molecule has 0 aromatic heterocycles. The van der Waals surface area contributed by atoms with E-state index in [1.807, 2.05) is 67.6 Å². The Hall–Kier alpha value is -4.05. The Morgan fingerprint density at radius 2 is 1.58 bits per heavy atom. The first kappa shape index (κ1) is 20.2. The second-order valence-electron chi connectivity index (χ2n) is 7.36. The van der Waals surface area contributed by atoms with Gasteiger partial charge in [0.1, 0.15) is 16.9 Å². The molecule has 2 N–H and O–H groups in total. The molecule has 4 heteroatoms. The summed E-state index contributed by atoms with van der Waals surface area (Å²) in [6.07, 6.45) is 5.08. The number of fused-ring (bicyclic) bond motifs is 1. The van der Waals surface area contributed by atoms with E-state index in [0.29, 0.717) is 5.57 Å². The summed E-state index contributed by atoms with van der Waals surface area (Å²) >= 11 is 0. The van der Waals surface area contributed by atoms with Crippen LogP contribution in [-0.4, -0.2) is 16.1 Å². The lowest BCUT2D eigenvalue weighted by molar-refractivity contribution is -0.120. The van der Waals surface area contributed by atoms with Crippen molar-refractivity contribution in [3.63, 3.8) is 0 Å². The van der Waals surface area contributed by atoms with Crippen molar-refractivity contribution in [3.8, 4) is 5.75 Å². The van der Waals surface area contributed by atoms with Gasteiger partial charge in [-0.15, -0.1) is 0 Å². The van der Waals surface area contributed by atoms with E-state index >= 15 is 0 Å². The zero-order valence-electron chi connectivity index (χ0n) is 17.2. The first-order chi connectivity index (χ1) is 15.0. The third-order valence-corrected chi connectivity index (χ3v) is 5.59. The van der Waals surface area contributed by atoms with Crippen LogP contribution in [0.25, 0.3) is 0 Å². The maximum atomic E-state index is 14.3. The highest BCUT2D eigenvalue weighted by molar-refractivity contribution is 6.17. The van der Waals surface area contributed by atoms with Crippen LogP contribution < -0.4 is 4.90 Å². The van der Waals surface area contributed by atoms with E-state index in [9.17, 15) is 15.0 Å². The summed E-state index contributed by atoms with van der Waals surface area (Å²) in [6, 6.07) is 23.9. The molecular formula is C27H23NO3. The van der Waals surface area contributed by atoms with E-state index in [1.165, 1.54) is 6.08 Å². The minimum atomic E-state index is -1.15. The molecular weight excluding hydrogens is 386 g/mol. The fourth-order valence-electron chi connectivity index (χ4n) is 4.27. The number of nitrogens with zero attached hydrogens (tertiary/aromatic N) is 1. The standard InChI is InChI=1S/C27H23NO3/c1-3-20(14-13-19(2)29)27(21-15-17-23(30)18-16-21)24-11-7-8-12-25(24)28(26(27)31)22-9-5-4-6-10-22/h3-18,29-30H,2H2,1H3/b14-13-,20-3+. The quantitative estimate of drug-likeness (QED) is 0.405. The van der Waals surface area contributed by atoms with Gasteiger partial charge in [0.05, 0.1) is 5.69 Å². The average molecular weight is 409 g/mol. The Morgan fingerprint density at radius 1 is 0.935 bits per heavy atom. The monoisotopic (exact) mass is 409 g/mol. The Kier molecular flexibility index (Phi) is 5.22. The molecule has 0 spiro atoms. The third kappa shape index (κ3) is 3.22. The van der Waals surface area contributed by atoms with Crippen molar-refractivity contribution >= 4 is 17.3 Å². The number of allylic oxidation sites excluding steroid dienone is 3. The zero-order chi connectivity index (χ0) is 22.0. The van der Waals surface area contributed by atoms with Gasteiger partial charge < -0.3 is 10.2 Å². The summed E-state index contributed by atoms with van der Waals surface area (Å²) in [4.78, 5) is 16.0. The van der Waals surface area contributed by atoms with Gasteiger partial charge in [0, 0.05) is 11.3 Å². The van der Waals surface area contributed by atoms with Crippen molar-refractivity contribution in [2.45, 2.75) is 12.3 Å². The van der Waals surface area contributed by atoms with Crippen LogP contribution in [0.4, 0.5) is 11.4 Å². The van der Waals surface area contributed by atoms with Crippen molar-refractivity contribution in [3.05, 3.63) is 126 Å². The molecule has 1 aliphatic rings. The van der Waals surface area contributed by atoms with Crippen LogP contribution in [0.3, 0.4) is 0 Å². The Morgan fingerprint density at radius 3 is 2.23 bits per heavy atom. The zero-order valence-corrected chi connectivity index (χ0v) is 17.2. The maximum Gasteiger partial charge on any atom is 0.251 e. The lowest BCUT2D eigenvalue weighted by Gasteiger charge is -2.31. The van der Waals surface area contributed by atoms with Gasteiger partial charge in [-0.3, -0.25) is 9.69 Å². The van der Waals surface area contributed by atoms with Crippen LogP contribution in [0, 0.1) is 0 Å². The van der Waals surface area contributed by atoms with Crippen LogP contribution in [0.1, 0.15) is 18.1 Å². The van der Waals surface area contributed by atoms with E-state index in [-0.39, 0.29) is 17.4 Å². The number of phenols is 1. The fraction of sp³-hybridized carbons (Fsp3) is 0.0741. The van der Waals surface area contributed by atoms with Crippen LogP contribution in [0.2, 0.25) is 0 Å². The molecule has 4 nitrogen and oxygen atoms in total. The minimum Gasteiger partial charge on any atom is -0.509 e. The van der Waals surface area contributed by atoms with E-state index < -0.39 is 5.41 Å². The topological polar surface area (TPSA) is 60.8 Å². The molecule has 3 aromatic rings. The molecule has 0 radical (unpaired) electrons. The van der Waals surface area contributed by atoms with Gasteiger partial charge in [0.25, 0.3) is 5.91 Å². The van der Waals surface area contributed by atoms with Crippen molar-refractivity contribution in [1.82, 2.24) is 0 Å². The third-order valence-electron chi connectivity index (χ3n) is 5.59. The molecule has 1 atom stereocenters. The number of hydrogen-bond donors (Lipinski definition) is 2. The molecule has 0 aliphatic carbocycles. The number of rotatable bonds is 5. The first-order valence-corrected chi connectivity index (χ1v) is 10.0. The second-order valence-corrected chi connectivity index (χ2v) is 7.36. The fourth-order valence-corrected chi connectivity index (χ4v) is 4.27. The SMILES string of the molecule is C=C(O)/C=C\C(=C/C)C1(c2ccc(O)cc2)C(=O)N(c2ccccc2)c2ccccc21. The van der Waals surface area contributed by atoms with Crippen molar-refractivity contribution < 1.29 is 15.0 Å². The van der Waals surface area contributed by atoms with Gasteiger partial charge in [0.2, 0.25) is 0 Å². The number of anilines is 2. The second kappa shape index (κ2) is 8.00. The van der Waals surface area contributed by atoms with Crippen molar-refractivity contribution in [2.75, 3.05) is 4.90 Å². The molecule has 0 saturated carbocycles. The predicted molar refractivity (Wildman–Crippen MR) is 124 cm³/mol. The number of amides is 1. The summed E-state index contributed by atoms with van der Waals surface area (Å²) in [7, 11) is 0. The molecule has 154 valence electrons. The predicted octanol–water partition coefficient (Wildman–Crippen LogP) is 5.93. The molecule has 31 heavy (non-hydrogen) atoms. The molecule has 1 unspecified atom stereocenters. The molecule has 1 heterocycles. The van der Waals surface area contributed by atoms with Crippen LogP contribution >= 0.6 is 0 Å². The normalized spacial score (nSPS) is 18.4. The van der Waals surface area contributed by atoms with Crippen molar-refractivity contribution in [1.29, 1.82) is 0 Å². The van der Waals surface area contributed by atoms with Crippen LogP contribution in [0.15, 0.2) is 115 Å². The number of carbonyl (C=O) groups excluding carboxylic acids is 1. The highest BCUT2D eigenvalue weighted by Gasteiger charge is 2.54. The summed E-state index contributed by atoms with van der Waals surface area (Å²) in [5.74, 6) is -0.107. The molecule has 1 amide bonds. The van der Waals surface area contributed by atoms with E-state index in [0.717, 1.165) is 22.5 Å². The summed E-state index contributed by atoms with van der Waals surface area (Å²) < 4.78 is 0.